The Morgan fingerprint density at radius 2 is 1.67 bits per heavy atom. The van der Waals surface area contributed by atoms with Gasteiger partial charge in [0.05, 0.1) is 5.39 Å². The van der Waals surface area contributed by atoms with E-state index >= 15 is 0 Å². The van der Waals surface area contributed by atoms with E-state index in [1.54, 1.807) is 25.1 Å². The number of nitrogens with one attached hydrogen (secondary N) is 1. The first-order valence-electron chi connectivity index (χ1n) is 11.1. The Morgan fingerprint density at radius 1 is 0.944 bits per heavy atom. The predicted molar refractivity (Wildman–Crippen MR) is 136 cm³/mol. The lowest BCUT2D eigenvalue weighted by molar-refractivity contribution is 0.0463. The molecule has 5 aromatic rings. The molecule has 3 N–H and O–H groups in total. The summed E-state index contributed by atoms with van der Waals surface area (Å²) in [4.78, 5) is 38.5. The summed E-state index contributed by atoms with van der Waals surface area (Å²) in [5, 5.41) is 3.32. The molecule has 36 heavy (non-hydrogen) atoms. The molecule has 3 aromatic carbocycles. The van der Waals surface area contributed by atoms with Crippen LogP contribution in [0.4, 0.5) is 17.6 Å². The van der Waals surface area contributed by atoms with Crippen LogP contribution in [-0.4, -0.2) is 20.9 Å². The van der Waals surface area contributed by atoms with E-state index in [-0.39, 0.29) is 40.9 Å². The van der Waals surface area contributed by atoms with Crippen LogP contribution in [0, 0.1) is 6.92 Å². The number of anilines is 3. The van der Waals surface area contributed by atoms with E-state index in [1.165, 1.54) is 0 Å². The standard InChI is InChI=1S/C27H21N5O4/c1-16-22(33)19-13-8-14-20(24(19)36-23(16)17-9-4-2-5-10-17)25(34)35-15-21-30-26(28)32-27(31-21)29-18-11-6-3-7-12-18/h2-14H,15H2,1H3,(H3,28,29,30,31,32). The summed E-state index contributed by atoms with van der Waals surface area (Å²) in [7, 11) is 0. The van der Waals surface area contributed by atoms with Crippen molar-refractivity contribution >= 4 is 34.5 Å². The summed E-state index contributed by atoms with van der Waals surface area (Å²) in [6.45, 7) is 1.44. The van der Waals surface area contributed by atoms with E-state index in [9.17, 15) is 9.59 Å². The first-order chi connectivity index (χ1) is 17.5. The number of hydrogen-bond acceptors (Lipinski definition) is 9. The molecule has 0 saturated heterocycles. The monoisotopic (exact) mass is 479 g/mol. The zero-order chi connectivity index (χ0) is 25.1. The highest BCUT2D eigenvalue weighted by Crippen LogP contribution is 2.27. The highest BCUT2D eigenvalue weighted by Gasteiger charge is 2.20. The molecule has 0 spiro atoms. The van der Waals surface area contributed by atoms with Crippen LogP contribution in [0.3, 0.4) is 0 Å². The minimum atomic E-state index is -0.692. The maximum Gasteiger partial charge on any atom is 0.342 e. The maximum atomic E-state index is 13.0. The van der Waals surface area contributed by atoms with Crippen LogP contribution in [0.2, 0.25) is 0 Å². The van der Waals surface area contributed by atoms with Crippen LogP contribution in [0.5, 0.6) is 0 Å². The van der Waals surface area contributed by atoms with E-state index in [4.69, 9.17) is 14.9 Å². The first-order valence-corrected chi connectivity index (χ1v) is 11.1. The van der Waals surface area contributed by atoms with Gasteiger partial charge < -0.3 is 20.2 Å². The highest BCUT2D eigenvalue weighted by atomic mass is 16.5. The molecule has 0 radical (unpaired) electrons. The van der Waals surface area contributed by atoms with Gasteiger partial charge in [-0.3, -0.25) is 4.79 Å². The molecule has 2 aromatic heterocycles. The van der Waals surface area contributed by atoms with Crippen molar-refractivity contribution in [1.82, 2.24) is 15.0 Å². The van der Waals surface area contributed by atoms with Crippen molar-refractivity contribution in [2.75, 3.05) is 11.1 Å². The van der Waals surface area contributed by atoms with Crippen molar-refractivity contribution in [2.45, 2.75) is 13.5 Å². The van der Waals surface area contributed by atoms with Gasteiger partial charge in [-0.05, 0) is 31.2 Å². The topological polar surface area (TPSA) is 133 Å². The number of fused-ring (bicyclic) bond motifs is 1. The zero-order valence-corrected chi connectivity index (χ0v) is 19.3. The molecular formula is C27H21N5O4. The van der Waals surface area contributed by atoms with Gasteiger partial charge in [0.1, 0.15) is 11.3 Å². The molecule has 0 unspecified atom stereocenters. The fraction of sp³-hybridized carbons (Fsp3) is 0.0741. The fourth-order valence-corrected chi connectivity index (χ4v) is 3.75. The molecule has 178 valence electrons. The molecule has 0 aliphatic carbocycles. The lowest BCUT2D eigenvalue weighted by Crippen LogP contribution is -2.13. The SMILES string of the molecule is Cc1c(-c2ccccc2)oc2c(C(=O)OCc3nc(N)nc(Nc4ccccc4)n3)cccc2c1=O. The maximum absolute atomic E-state index is 13.0. The number of para-hydroxylation sites is 2. The summed E-state index contributed by atoms with van der Waals surface area (Å²) >= 11 is 0. The summed E-state index contributed by atoms with van der Waals surface area (Å²) in [6, 6.07) is 23.3. The van der Waals surface area contributed by atoms with Crippen LogP contribution >= 0.6 is 0 Å². The van der Waals surface area contributed by atoms with Crippen LogP contribution in [-0.2, 0) is 11.3 Å². The largest absolute Gasteiger partial charge is 0.455 e. The van der Waals surface area contributed by atoms with Crippen molar-refractivity contribution in [2.24, 2.45) is 0 Å². The Bertz CT molecular complexity index is 1620. The van der Waals surface area contributed by atoms with Gasteiger partial charge in [0.15, 0.2) is 23.4 Å². The molecule has 2 heterocycles. The summed E-state index contributed by atoms with van der Waals surface area (Å²) < 4.78 is 11.6. The van der Waals surface area contributed by atoms with Gasteiger partial charge in [0.25, 0.3) is 0 Å². The van der Waals surface area contributed by atoms with E-state index in [1.807, 2.05) is 60.7 Å². The molecule has 9 nitrogen and oxygen atoms in total. The molecule has 0 fully saturated rings. The summed E-state index contributed by atoms with van der Waals surface area (Å²) in [5.74, 6) is 0.0719. The smallest absolute Gasteiger partial charge is 0.342 e. The van der Waals surface area contributed by atoms with Gasteiger partial charge in [-0.15, -0.1) is 0 Å². The van der Waals surface area contributed by atoms with Gasteiger partial charge in [-0.1, -0.05) is 54.6 Å². The fourth-order valence-electron chi connectivity index (χ4n) is 3.75. The van der Waals surface area contributed by atoms with E-state index in [0.717, 1.165) is 11.3 Å². The number of ether oxygens (including phenoxy) is 1. The number of rotatable bonds is 6. The molecule has 0 aliphatic heterocycles. The predicted octanol–water partition coefficient (Wildman–Crippen LogP) is 4.64. The van der Waals surface area contributed by atoms with E-state index < -0.39 is 5.97 Å². The Kier molecular flexibility index (Phi) is 6.10. The number of hydrogen-bond donors (Lipinski definition) is 2. The number of nitrogens with zero attached hydrogens (tertiary/aromatic N) is 3. The summed E-state index contributed by atoms with van der Waals surface area (Å²) in [5.41, 5.74) is 7.82. The Morgan fingerprint density at radius 3 is 2.42 bits per heavy atom. The Balaban J connectivity index is 1.43. The second kappa shape index (κ2) is 9.67. The van der Waals surface area contributed by atoms with Gasteiger partial charge in [-0.25, -0.2) is 4.79 Å². The number of nitrogens with two attached hydrogens (primary N) is 1. The number of nitrogen functional groups attached to an aromatic ring is 1. The van der Waals surface area contributed by atoms with Crippen LogP contribution in [0.1, 0.15) is 21.7 Å². The third-order valence-electron chi connectivity index (χ3n) is 5.46. The third-order valence-corrected chi connectivity index (χ3v) is 5.46. The average molecular weight is 479 g/mol. The van der Waals surface area contributed by atoms with Crippen molar-refractivity contribution in [1.29, 1.82) is 0 Å². The minimum Gasteiger partial charge on any atom is -0.455 e. The third kappa shape index (κ3) is 4.62. The van der Waals surface area contributed by atoms with E-state index in [2.05, 4.69) is 20.3 Å². The normalized spacial score (nSPS) is 10.8. The minimum absolute atomic E-state index is 0.0198. The first kappa shape index (κ1) is 22.7. The number of esters is 1. The van der Waals surface area contributed by atoms with Crippen LogP contribution in [0.15, 0.2) is 88.1 Å². The molecule has 0 atom stereocenters. The molecular weight excluding hydrogens is 458 g/mol. The average Bonchev–Trinajstić information content (AvgIpc) is 2.90. The van der Waals surface area contributed by atoms with Crippen LogP contribution in [0.25, 0.3) is 22.3 Å². The van der Waals surface area contributed by atoms with Crippen molar-refractivity contribution < 1.29 is 13.9 Å². The van der Waals surface area contributed by atoms with Crippen molar-refractivity contribution in [3.8, 4) is 11.3 Å². The molecule has 0 saturated carbocycles. The summed E-state index contributed by atoms with van der Waals surface area (Å²) in [6.07, 6.45) is 0. The van der Waals surface area contributed by atoms with Crippen molar-refractivity contribution in [3.63, 3.8) is 0 Å². The van der Waals surface area contributed by atoms with Gasteiger partial charge in [0.2, 0.25) is 11.9 Å². The molecule has 0 bridgehead atoms. The second-order valence-corrected chi connectivity index (χ2v) is 7.93. The molecule has 0 aliphatic rings. The number of carbonyl (C=O) groups excluding carboxylic acids is 1. The second-order valence-electron chi connectivity index (χ2n) is 7.93. The Labute approximate surface area is 205 Å². The van der Waals surface area contributed by atoms with Crippen molar-refractivity contribution in [3.05, 3.63) is 106 Å². The number of carbonyl (C=O) groups is 1. The lowest BCUT2D eigenvalue weighted by atomic mass is 10.0. The number of aromatic nitrogens is 3. The molecule has 5 rings (SSSR count). The Hall–Kier alpha value is -5.05. The molecule has 0 amide bonds. The van der Waals surface area contributed by atoms with Gasteiger partial charge in [-0.2, -0.15) is 15.0 Å². The number of benzene rings is 3. The van der Waals surface area contributed by atoms with Gasteiger partial charge in [0, 0.05) is 16.8 Å². The molecule has 9 heteroatoms. The van der Waals surface area contributed by atoms with Crippen LogP contribution < -0.4 is 16.5 Å². The quantitative estimate of drug-likeness (QED) is 0.334. The zero-order valence-electron chi connectivity index (χ0n) is 19.3. The van der Waals surface area contributed by atoms with Gasteiger partial charge >= 0.3 is 5.97 Å². The lowest BCUT2D eigenvalue weighted by Gasteiger charge is -2.11. The highest BCUT2D eigenvalue weighted by molar-refractivity contribution is 6.02. The van der Waals surface area contributed by atoms with E-state index in [0.29, 0.717) is 16.7 Å².